The van der Waals surface area contributed by atoms with Crippen LogP contribution in [0.4, 0.5) is 0 Å². The SMILES string of the molecule is Cc1ccnc2nc(C(N)c3ccccc3)[nH]c12. The molecule has 2 aromatic heterocycles. The Bertz CT molecular complexity index is 673. The predicted octanol–water partition coefficient (Wildman–Crippen LogP) is 2.31. The second-order valence-electron chi connectivity index (χ2n) is 4.34. The molecule has 0 radical (unpaired) electrons. The Morgan fingerprint density at radius 1 is 1.17 bits per heavy atom. The molecule has 0 saturated heterocycles. The number of H-pyrrole nitrogens is 1. The number of rotatable bonds is 2. The zero-order valence-electron chi connectivity index (χ0n) is 10.1. The minimum atomic E-state index is -0.250. The molecule has 0 amide bonds. The maximum Gasteiger partial charge on any atom is 0.178 e. The highest BCUT2D eigenvalue weighted by Gasteiger charge is 2.14. The maximum atomic E-state index is 6.21. The Morgan fingerprint density at radius 2 is 1.94 bits per heavy atom. The van der Waals surface area contributed by atoms with Crippen molar-refractivity contribution < 1.29 is 0 Å². The third-order valence-corrected chi connectivity index (χ3v) is 3.07. The summed E-state index contributed by atoms with van der Waals surface area (Å²) >= 11 is 0. The van der Waals surface area contributed by atoms with Crippen LogP contribution >= 0.6 is 0 Å². The molecule has 0 aliphatic rings. The van der Waals surface area contributed by atoms with E-state index in [9.17, 15) is 0 Å². The number of imidazole rings is 1. The second kappa shape index (κ2) is 4.23. The number of nitrogens with one attached hydrogen (secondary N) is 1. The van der Waals surface area contributed by atoms with Crippen LogP contribution in [0.25, 0.3) is 11.2 Å². The first-order valence-electron chi connectivity index (χ1n) is 5.87. The lowest BCUT2D eigenvalue weighted by atomic mass is 10.1. The smallest absolute Gasteiger partial charge is 0.178 e. The van der Waals surface area contributed by atoms with Gasteiger partial charge < -0.3 is 10.7 Å². The van der Waals surface area contributed by atoms with E-state index in [1.54, 1.807) is 6.20 Å². The van der Waals surface area contributed by atoms with Gasteiger partial charge in [-0.2, -0.15) is 0 Å². The van der Waals surface area contributed by atoms with Crippen molar-refractivity contribution in [2.24, 2.45) is 5.73 Å². The van der Waals surface area contributed by atoms with Gasteiger partial charge in [-0.3, -0.25) is 0 Å². The first-order valence-corrected chi connectivity index (χ1v) is 5.87. The van der Waals surface area contributed by atoms with E-state index in [1.807, 2.05) is 43.3 Å². The maximum absolute atomic E-state index is 6.21. The van der Waals surface area contributed by atoms with Crippen LogP contribution in [-0.4, -0.2) is 15.0 Å². The van der Waals surface area contributed by atoms with E-state index in [0.29, 0.717) is 0 Å². The average Bonchev–Trinajstić information content (AvgIpc) is 2.84. The normalized spacial score (nSPS) is 12.8. The molecular formula is C14H14N4. The van der Waals surface area contributed by atoms with Gasteiger partial charge in [0.25, 0.3) is 0 Å². The van der Waals surface area contributed by atoms with Gasteiger partial charge in [-0.1, -0.05) is 30.3 Å². The first kappa shape index (κ1) is 10.9. The van der Waals surface area contributed by atoms with Gasteiger partial charge in [-0.25, -0.2) is 9.97 Å². The van der Waals surface area contributed by atoms with Crippen molar-refractivity contribution in [2.75, 3.05) is 0 Å². The molecule has 0 aliphatic heterocycles. The summed E-state index contributed by atoms with van der Waals surface area (Å²) < 4.78 is 0. The van der Waals surface area contributed by atoms with E-state index in [4.69, 9.17) is 5.73 Å². The van der Waals surface area contributed by atoms with Crippen molar-refractivity contribution >= 4 is 11.2 Å². The molecule has 3 rings (SSSR count). The number of aromatic nitrogens is 3. The number of nitrogens with two attached hydrogens (primary N) is 1. The molecule has 0 bridgehead atoms. The summed E-state index contributed by atoms with van der Waals surface area (Å²) in [5.41, 5.74) is 10.0. The highest BCUT2D eigenvalue weighted by atomic mass is 15.0. The zero-order chi connectivity index (χ0) is 12.5. The van der Waals surface area contributed by atoms with Gasteiger partial charge in [0.2, 0.25) is 0 Å². The lowest BCUT2D eigenvalue weighted by Crippen LogP contribution is -2.13. The third-order valence-electron chi connectivity index (χ3n) is 3.07. The van der Waals surface area contributed by atoms with Crippen LogP contribution in [0, 0.1) is 6.92 Å². The predicted molar refractivity (Wildman–Crippen MR) is 71.1 cm³/mol. The number of hydrogen-bond donors (Lipinski definition) is 2. The molecule has 1 atom stereocenters. The van der Waals surface area contributed by atoms with Gasteiger partial charge in [0.05, 0.1) is 11.6 Å². The summed E-state index contributed by atoms with van der Waals surface area (Å²) in [7, 11) is 0. The standard InChI is InChI=1S/C14H14N4/c1-9-7-8-16-14-12(9)17-13(18-14)11(15)10-5-3-2-4-6-10/h2-8,11H,15H2,1H3,(H,16,17,18). The van der Waals surface area contributed by atoms with Gasteiger partial charge in [-0.05, 0) is 24.1 Å². The monoisotopic (exact) mass is 238 g/mol. The van der Waals surface area contributed by atoms with Crippen LogP contribution in [0.15, 0.2) is 42.6 Å². The number of hydrogen-bond acceptors (Lipinski definition) is 3. The highest BCUT2D eigenvalue weighted by Crippen LogP contribution is 2.20. The van der Waals surface area contributed by atoms with Gasteiger partial charge in [0, 0.05) is 6.20 Å². The van der Waals surface area contributed by atoms with E-state index in [2.05, 4.69) is 15.0 Å². The second-order valence-corrected chi connectivity index (χ2v) is 4.34. The van der Waals surface area contributed by atoms with Gasteiger partial charge in [-0.15, -0.1) is 0 Å². The zero-order valence-corrected chi connectivity index (χ0v) is 10.1. The van der Waals surface area contributed by atoms with Crippen molar-refractivity contribution in [1.29, 1.82) is 0 Å². The molecule has 0 spiro atoms. The molecule has 0 aliphatic carbocycles. The van der Waals surface area contributed by atoms with Crippen molar-refractivity contribution in [3.05, 3.63) is 59.5 Å². The van der Waals surface area contributed by atoms with E-state index in [1.165, 1.54) is 0 Å². The van der Waals surface area contributed by atoms with E-state index in [0.717, 1.165) is 28.1 Å². The lowest BCUT2D eigenvalue weighted by Gasteiger charge is -2.08. The van der Waals surface area contributed by atoms with E-state index in [-0.39, 0.29) is 6.04 Å². The fourth-order valence-electron chi connectivity index (χ4n) is 2.02. The van der Waals surface area contributed by atoms with Crippen molar-refractivity contribution in [3.8, 4) is 0 Å². The third kappa shape index (κ3) is 1.76. The topological polar surface area (TPSA) is 67.6 Å². The molecule has 90 valence electrons. The largest absolute Gasteiger partial charge is 0.339 e. The van der Waals surface area contributed by atoms with Crippen molar-refractivity contribution in [2.45, 2.75) is 13.0 Å². The lowest BCUT2D eigenvalue weighted by molar-refractivity contribution is 0.805. The van der Waals surface area contributed by atoms with E-state index >= 15 is 0 Å². The summed E-state index contributed by atoms with van der Waals surface area (Å²) in [5, 5.41) is 0. The molecule has 3 N–H and O–H groups in total. The number of nitrogens with zero attached hydrogens (tertiary/aromatic N) is 2. The molecule has 2 heterocycles. The quantitative estimate of drug-likeness (QED) is 0.720. The summed E-state index contributed by atoms with van der Waals surface area (Å²) in [6, 6.07) is 11.6. The molecule has 4 heteroatoms. The Hall–Kier alpha value is -2.20. The number of aryl methyl sites for hydroxylation is 1. The molecule has 3 aromatic rings. The van der Waals surface area contributed by atoms with Crippen LogP contribution in [0.5, 0.6) is 0 Å². The molecule has 18 heavy (non-hydrogen) atoms. The van der Waals surface area contributed by atoms with Gasteiger partial charge in [0.1, 0.15) is 5.82 Å². The Balaban J connectivity index is 2.07. The summed E-state index contributed by atoms with van der Waals surface area (Å²) in [4.78, 5) is 12.0. The first-order chi connectivity index (χ1) is 8.75. The highest BCUT2D eigenvalue weighted by molar-refractivity contribution is 5.74. The number of aromatic amines is 1. The van der Waals surface area contributed by atoms with Gasteiger partial charge >= 0.3 is 0 Å². The number of fused-ring (bicyclic) bond motifs is 1. The Labute approximate surface area is 105 Å². The molecule has 1 unspecified atom stereocenters. The van der Waals surface area contributed by atoms with Crippen LogP contribution in [0.2, 0.25) is 0 Å². The van der Waals surface area contributed by atoms with Crippen molar-refractivity contribution in [1.82, 2.24) is 15.0 Å². The minimum Gasteiger partial charge on any atom is -0.339 e. The summed E-state index contributed by atoms with van der Waals surface area (Å²) in [6.07, 6.45) is 1.76. The Kier molecular flexibility index (Phi) is 2.57. The van der Waals surface area contributed by atoms with Crippen LogP contribution in [0.1, 0.15) is 23.0 Å². The fraction of sp³-hybridized carbons (Fsp3) is 0.143. The minimum absolute atomic E-state index is 0.250. The summed E-state index contributed by atoms with van der Waals surface area (Å²) in [5.74, 6) is 0.748. The fourth-order valence-corrected chi connectivity index (χ4v) is 2.02. The average molecular weight is 238 g/mol. The van der Waals surface area contributed by atoms with Crippen molar-refractivity contribution in [3.63, 3.8) is 0 Å². The molecular weight excluding hydrogens is 224 g/mol. The van der Waals surface area contributed by atoms with E-state index < -0.39 is 0 Å². The van der Waals surface area contributed by atoms with Gasteiger partial charge in [0.15, 0.2) is 5.65 Å². The number of pyridine rings is 1. The Morgan fingerprint density at radius 3 is 2.67 bits per heavy atom. The molecule has 0 saturated carbocycles. The number of benzene rings is 1. The molecule has 0 fully saturated rings. The summed E-state index contributed by atoms with van der Waals surface area (Å²) in [6.45, 7) is 2.03. The van der Waals surface area contributed by atoms with Crippen LogP contribution < -0.4 is 5.73 Å². The van der Waals surface area contributed by atoms with Crippen LogP contribution in [0.3, 0.4) is 0 Å². The van der Waals surface area contributed by atoms with Crippen LogP contribution in [-0.2, 0) is 0 Å². The molecule has 4 nitrogen and oxygen atoms in total. The molecule has 1 aromatic carbocycles.